The van der Waals surface area contributed by atoms with E-state index in [1.807, 2.05) is 19.9 Å². The van der Waals surface area contributed by atoms with Gasteiger partial charge in [0.2, 0.25) is 17.6 Å². The number of hydrogen-bond acceptors (Lipinski definition) is 9. The first kappa shape index (κ1) is 40.5. The molecule has 2 fully saturated rings. The Kier molecular flexibility index (Phi) is 13.6. The molecule has 0 saturated carbocycles. The first-order valence-electron chi connectivity index (χ1n) is 17.4. The first-order valence-corrected chi connectivity index (χ1v) is 17.4. The Labute approximate surface area is 292 Å². The zero-order valence-electron chi connectivity index (χ0n) is 30.6. The summed E-state index contributed by atoms with van der Waals surface area (Å²) in [5, 5.41) is 48.7. The third-order valence-electron chi connectivity index (χ3n) is 10.0. The van der Waals surface area contributed by atoms with Crippen LogP contribution in [0.25, 0.3) is 0 Å². The molecule has 2 aliphatic heterocycles. The highest BCUT2D eigenvalue weighted by Gasteiger charge is 2.71. The van der Waals surface area contributed by atoms with Gasteiger partial charge in [0.05, 0.1) is 12.2 Å². The van der Waals surface area contributed by atoms with Gasteiger partial charge in [-0.15, -0.1) is 0 Å². The fourth-order valence-electron chi connectivity index (χ4n) is 6.28. The Morgan fingerprint density at radius 2 is 1.63 bits per heavy atom. The molecule has 1 aromatic carbocycles. The van der Waals surface area contributed by atoms with Crippen molar-refractivity contribution in [2.75, 3.05) is 32.8 Å². The number of nitrogens with zero attached hydrogens (tertiary/aromatic N) is 1. The number of allylic oxidation sites excluding steroid dienone is 3. The van der Waals surface area contributed by atoms with Crippen molar-refractivity contribution in [1.82, 2.24) is 15.5 Å². The fourth-order valence-corrected chi connectivity index (χ4v) is 6.28. The molecule has 3 rings (SSSR count). The largest absolute Gasteiger partial charge is 0.387 e. The summed E-state index contributed by atoms with van der Waals surface area (Å²) in [5.41, 5.74) is 0.359. The van der Waals surface area contributed by atoms with Crippen molar-refractivity contribution in [2.24, 2.45) is 0 Å². The summed E-state index contributed by atoms with van der Waals surface area (Å²) in [4.78, 5) is 27.5. The predicted molar refractivity (Wildman–Crippen MR) is 190 cm³/mol. The van der Waals surface area contributed by atoms with Crippen LogP contribution < -0.4 is 10.6 Å². The van der Waals surface area contributed by atoms with Crippen LogP contribution in [0.3, 0.4) is 0 Å². The molecule has 2 bridgehead atoms. The van der Waals surface area contributed by atoms with Gasteiger partial charge in [0.1, 0.15) is 23.9 Å². The number of fused-ring (bicyclic) bond motifs is 2. The molecule has 6 N–H and O–H groups in total. The number of likely N-dealkylation sites (N-methyl/N-ethyl adjacent to an activating group) is 1. The number of aryl methyl sites for hydroxylation is 1. The summed E-state index contributed by atoms with van der Waals surface area (Å²) in [5.74, 6) is -2.15. The van der Waals surface area contributed by atoms with Crippen LogP contribution in [-0.4, -0.2) is 111 Å². The van der Waals surface area contributed by atoms with Crippen molar-refractivity contribution in [3.05, 3.63) is 70.8 Å². The molecule has 11 heteroatoms. The van der Waals surface area contributed by atoms with Gasteiger partial charge in [-0.3, -0.25) is 9.59 Å². The molecule has 0 aliphatic carbocycles. The Bertz CT molecular complexity index is 1380. The SMILES string of the molecule is C=C(/C=C\C(C)=C(/C)Cc1ccc(CCCC(=O)NC(C)(C)C(=O)NCCN(CC)CC)cc1)[C@]12OC[C@](C(C)(C)O)(O1)[C@@H](O)[C@H](O)[C@H]2O. The molecule has 0 unspecified atom stereocenters. The number of benzene rings is 1. The second kappa shape index (κ2) is 16.4. The summed E-state index contributed by atoms with van der Waals surface area (Å²) in [6.07, 6.45) is 1.14. The monoisotopic (exact) mass is 685 g/mol. The second-order valence-corrected chi connectivity index (χ2v) is 14.5. The van der Waals surface area contributed by atoms with Crippen molar-refractivity contribution in [3.8, 4) is 0 Å². The summed E-state index contributed by atoms with van der Waals surface area (Å²) in [6, 6.07) is 8.27. The van der Waals surface area contributed by atoms with E-state index in [1.165, 1.54) is 13.8 Å². The predicted octanol–water partition coefficient (Wildman–Crippen LogP) is 2.70. The molecule has 274 valence electrons. The molecule has 1 aromatic rings. The Morgan fingerprint density at radius 1 is 1.02 bits per heavy atom. The van der Waals surface area contributed by atoms with Gasteiger partial charge >= 0.3 is 0 Å². The van der Waals surface area contributed by atoms with Crippen LogP contribution in [0.5, 0.6) is 0 Å². The van der Waals surface area contributed by atoms with Crippen molar-refractivity contribution in [2.45, 2.75) is 122 Å². The summed E-state index contributed by atoms with van der Waals surface area (Å²) >= 11 is 0. The van der Waals surface area contributed by atoms with Crippen LogP contribution in [-0.2, 0) is 31.9 Å². The molecule has 0 radical (unpaired) electrons. The van der Waals surface area contributed by atoms with E-state index in [4.69, 9.17) is 9.47 Å². The molecule has 5 atom stereocenters. The van der Waals surface area contributed by atoms with E-state index in [2.05, 4.69) is 60.2 Å². The third-order valence-corrected chi connectivity index (χ3v) is 10.0. The number of aliphatic hydroxyl groups is 4. The quantitative estimate of drug-likeness (QED) is 0.136. The maximum absolute atomic E-state index is 12.6. The van der Waals surface area contributed by atoms with Gasteiger partial charge in [-0.2, -0.15) is 0 Å². The zero-order valence-corrected chi connectivity index (χ0v) is 30.6. The fraction of sp³-hybridized carbons (Fsp3) is 0.632. The van der Waals surface area contributed by atoms with Crippen molar-refractivity contribution in [3.63, 3.8) is 0 Å². The molecule has 2 aliphatic rings. The summed E-state index contributed by atoms with van der Waals surface area (Å²) in [6.45, 7) is 21.5. The van der Waals surface area contributed by atoms with Gasteiger partial charge in [-0.1, -0.05) is 68.0 Å². The number of hydrogen-bond donors (Lipinski definition) is 6. The molecule has 2 amide bonds. The van der Waals surface area contributed by atoms with Gasteiger partial charge in [0.25, 0.3) is 0 Å². The lowest BCUT2D eigenvalue weighted by molar-refractivity contribution is -0.326. The lowest BCUT2D eigenvalue weighted by atomic mass is 9.75. The van der Waals surface area contributed by atoms with E-state index in [0.29, 0.717) is 25.8 Å². The van der Waals surface area contributed by atoms with Crippen LogP contribution in [0.1, 0.15) is 79.4 Å². The van der Waals surface area contributed by atoms with Crippen LogP contribution in [0.2, 0.25) is 0 Å². The molecule has 2 heterocycles. The first-order chi connectivity index (χ1) is 22.8. The number of rotatable bonds is 17. The topological polar surface area (TPSA) is 161 Å². The van der Waals surface area contributed by atoms with Crippen LogP contribution in [0.4, 0.5) is 0 Å². The molecule has 0 aromatic heterocycles. The van der Waals surface area contributed by atoms with E-state index in [9.17, 15) is 30.0 Å². The standard InChI is InChI=1S/C38H59N3O8/c1-10-41(11-2)22-21-39-34(46)35(6,7)40-30(42)14-12-13-28-17-19-29(20-18-28)23-26(4)25(3)15-16-27(5)38-33(45)31(43)32(44)37(49-38,24-48-38)36(8,9)47/h15-20,31-33,43-45,47H,5,10-14,21-24H2,1-4,6-9H3,(H,39,46)(H,40,42)/b16-15-,26-25+/t31-,32-,33+,37-,38-/m0/s1. The average Bonchev–Trinajstić information content (AvgIpc) is 3.45. The number of carbonyl (C=O) groups excluding carboxylic acids is 2. The maximum Gasteiger partial charge on any atom is 0.245 e. The Morgan fingerprint density at radius 3 is 2.22 bits per heavy atom. The van der Waals surface area contributed by atoms with Crippen molar-refractivity contribution >= 4 is 11.8 Å². The highest BCUT2D eigenvalue weighted by atomic mass is 16.8. The van der Waals surface area contributed by atoms with Gasteiger partial charge in [0.15, 0.2) is 5.60 Å². The lowest BCUT2D eigenvalue weighted by Crippen LogP contribution is -2.71. The van der Waals surface area contributed by atoms with Gasteiger partial charge in [-0.25, -0.2) is 0 Å². The second-order valence-electron chi connectivity index (χ2n) is 14.5. The smallest absolute Gasteiger partial charge is 0.245 e. The minimum atomic E-state index is -1.81. The number of nitrogens with one attached hydrogen (secondary N) is 2. The molecular weight excluding hydrogens is 626 g/mol. The Hall–Kier alpha value is -2.90. The highest BCUT2D eigenvalue weighted by molar-refractivity contribution is 5.90. The number of amides is 2. The normalized spacial score (nSPS) is 26.2. The van der Waals surface area contributed by atoms with Gasteiger partial charge in [-0.05, 0) is 85.0 Å². The van der Waals surface area contributed by atoms with Gasteiger partial charge < -0.3 is 45.4 Å². The molecule has 11 nitrogen and oxygen atoms in total. The number of aliphatic hydroxyl groups excluding tert-OH is 3. The van der Waals surface area contributed by atoms with E-state index >= 15 is 0 Å². The van der Waals surface area contributed by atoms with E-state index < -0.39 is 40.8 Å². The van der Waals surface area contributed by atoms with Crippen LogP contribution >= 0.6 is 0 Å². The van der Waals surface area contributed by atoms with Crippen LogP contribution in [0, 0.1) is 0 Å². The van der Waals surface area contributed by atoms with Crippen molar-refractivity contribution < 1.29 is 39.5 Å². The van der Waals surface area contributed by atoms with Gasteiger partial charge in [0, 0.05) is 25.1 Å². The van der Waals surface area contributed by atoms with E-state index in [-0.39, 0.29) is 24.0 Å². The number of carbonyl (C=O) groups is 2. The number of ether oxygens (including phenoxy) is 2. The molecule has 2 saturated heterocycles. The average molecular weight is 686 g/mol. The Balaban J connectivity index is 1.51. The maximum atomic E-state index is 12.6. The van der Waals surface area contributed by atoms with E-state index in [0.717, 1.165) is 48.3 Å². The summed E-state index contributed by atoms with van der Waals surface area (Å²) < 4.78 is 11.9. The minimum absolute atomic E-state index is 0.151. The van der Waals surface area contributed by atoms with Crippen molar-refractivity contribution in [1.29, 1.82) is 0 Å². The highest BCUT2D eigenvalue weighted by Crippen LogP contribution is 2.51. The minimum Gasteiger partial charge on any atom is -0.387 e. The molecule has 0 spiro atoms. The third kappa shape index (κ3) is 9.26. The molecule has 49 heavy (non-hydrogen) atoms. The lowest BCUT2D eigenvalue weighted by Gasteiger charge is -2.50. The van der Waals surface area contributed by atoms with E-state index in [1.54, 1.807) is 19.9 Å². The molecular formula is C38H59N3O8. The summed E-state index contributed by atoms with van der Waals surface area (Å²) in [7, 11) is 0. The zero-order chi connectivity index (χ0) is 36.8. The van der Waals surface area contributed by atoms with Crippen LogP contribution in [0.15, 0.2) is 59.7 Å².